The van der Waals surface area contributed by atoms with E-state index < -0.39 is 0 Å². The zero-order valence-corrected chi connectivity index (χ0v) is 13.3. The normalized spacial score (nSPS) is 23.5. The van der Waals surface area contributed by atoms with Gasteiger partial charge in [-0.05, 0) is 18.6 Å². The van der Waals surface area contributed by atoms with Crippen LogP contribution in [0, 0.1) is 10.1 Å². The van der Waals surface area contributed by atoms with Gasteiger partial charge in [0.2, 0.25) is 0 Å². The Balaban J connectivity index is 1.70. The van der Waals surface area contributed by atoms with Crippen molar-refractivity contribution in [2.24, 2.45) is 0 Å². The Morgan fingerprint density at radius 1 is 1.29 bits per heavy atom. The van der Waals surface area contributed by atoms with Gasteiger partial charge in [-0.15, -0.1) is 0 Å². The van der Waals surface area contributed by atoms with E-state index in [4.69, 9.17) is 4.74 Å². The molecule has 0 bridgehead atoms. The summed E-state index contributed by atoms with van der Waals surface area (Å²) in [4.78, 5) is 15.5. The fraction of sp³-hybridized carbons (Fsp3) is 0.571. The summed E-state index contributed by atoms with van der Waals surface area (Å²) in [6.45, 7) is 5.17. The molecule has 0 spiro atoms. The molecule has 0 amide bonds. The molecule has 1 atom stereocenters. The van der Waals surface area contributed by atoms with Gasteiger partial charge in [-0.1, -0.05) is 15.9 Å². The summed E-state index contributed by atoms with van der Waals surface area (Å²) in [6, 6.07) is 5.79. The Hall–Kier alpha value is -1.18. The van der Waals surface area contributed by atoms with E-state index in [0.29, 0.717) is 11.7 Å². The molecule has 0 radical (unpaired) electrons. The number of benzene rings is 1. The van der Waals surface area contributed by atoms with Crippen molar-refractivity contribution in [3.63, 3.8) is 0 Å². The Morgan fingerprint density at radius 2 is 2.05 bits per heavy atom. The molecule has 0 N–H and O–H groups in total. The van der Waals surface area contributed by atoms with Crippen LogP contribution in [0.1, 0.15) is 6.42 Å². The summed E-state index contributed by atoms with van der Waals surface area (Å²) in [5.41, 5.74) is 0.882. The molecular weight excluding hydrogens is 338 g/mol. The quantitative estimate of drug-likeness (QED) is 0.614. The number of rotatable bonds is 3. The maximum Gasteiger partial charge on any atom is 0.293 e. The first kappa shape index (κ1) is 14.7. The minimum absolute atomic E-state index is 0.169. The number of nitro benzene ring substituents is 1. The summed E-state index contributed by atoms with van der Waals surface area (Å²) >= 11 is 3.30. The maximum atomic E-state index is 11.2. The van der Waals surface area contributed by atoms with Gasteiger partial charge in [0.05, 0.1) is 11.5 Å². The van der Waals surface area contributed by atoms with Crippen molar-refractivity contribution >= 4 is 27.3 Å². The highest BCUT2D eigenvalue weighted by Gasteiger charge is 2.29. The van der Waals surface area contributed by atoms with Crippen LogP contribution in [-0.2, 0) is 4.74 Å². The third-order valence-electron chi connectivity index (χ3n) is 4.21. The van der Waals surface area contributed by atoms with Gasteiger partial charge in [-0.25, -0.2) is 0 Å². The zero-order valence-electron chi connectivity index (χ0n) is 11.7. The van der Waals surface area contributed by atoms with Crippen LogP contribution in [0.5, 0.6) is 0 Å². The number of anilines is 1. The van der Waals surface area contributed by atoms with Gasteiger partial charge < -0.3 is 9.64 Å². The van der Waals surface area contributed by atoms with Crippen molar-refractivity contribution in [3.05, 3.63) is 32.8 Å². The van der Waals surface area contributed by atoms with Crippen LogP contribution in [-0.4, -0.2) is 55.3 Å². The lowest BCUT2D eigenvalue weighted by atomic mass is 10.1. The first-order valence-electron chi connectivity index (χ1n) is 7.16. The lowest BCUT2D eigenvalue weighted by molar-refractivity contribution is -0.384. The largest absolute Gasteiger partial charge is 0.380 e. The Morgan fingerprint density at radius 3 is 2.67 bits per heavy atom. The van der Waals surface area contributed by atoms with Crippen LogP contribution < -0.4 is 4.90 Å². The number of nitro groups is 1. The number of hydrogen-bond acceptors (Lipinski definition) is 5. The molecule has 1 aromatic carbocycles. The third kappa shape index (κ3) is 3.20. The lowest BCUT2D eigenvalue weighted by Crippen LogP contribution is -2.50. The molecule has 1 aromatic rings. The van der Waals surface area contributed by atoms with Gasteiger partial charge in [0.25, 0.3) is 5.69 Å². The highest BCUT2D eigenvalue weighted by molar-refractivity contribution is 9.10. The predicted octanol–water partition coefficient (Wildman–Crippen LogP) is 2.27. The highest BCUT2D eigenvalue weighted by Crippen LogP contribution is 2.32. The summed E-state index contributed by atoms with van der Waals surface area (Å²) < 4.78 is 6.17. The van der Waals surface area contributed by atoms with Crippen molar-refractivity contribution in [1.29, 1.82) is 0 Å². The van der Waals surface area contributed by atoms with Gasteiger partial charge in [-0.3, -0.25) is 15.0 Å². The fourth-order valence-electron chi connectivity index (χ4n) is 3.05. The molecule has 21 heavy (non-hydrogen) atoms. The van der Waals surface area contributed by atoms with Crippen molar-refractivity contribution in [1.82, 2.24) is 4.90 Å². The van der Waals surface area contributed by atoms with E-state index in [1.165, 1.54) is 0 Å². The van der Waals surface area contributed by atoms with Gasteiger partial charge in [-0.2, -0.15) is 0 Å². The monoisotopic (exact) mass is 355 g/mol. The molecule has 7 heteroatoms. The van der Waals surface area contributed by atoms with Gasteiger partial charge in [0.15, 0.2) is 0 Å². The van der Waals surface area contributed by atoms with Crippen LogP contribution in [0.15, 0.2) is 22.7 Å². The molecule has 0 unspecified atom stereocenters. The number of piperazine rings is 1. The average Bonchev–Trinajstić information content (AvgIpc) is 3.01. The van der Waals surface area contributed by atoms with Crippen LogP contribution in [0.25, 0.3) is 0 Å². The van der Waals surface area contributed by atoms with E-state index in [0.717, 1.165) is 50.3 Å². The van der Waals surface area contributed by atoms with E-state index in [-0.39, 0.29) is 10.6 Å². The molecule has 0 aliphatic carbocycles. The summed E-state index contributed by atoms with van der Waals surface area (Å²) in [5.74, 6) is 0. The van der Waals surface area contributed by atoms with Gasteiger partial charge in [0.1, 0.15) is 5.69 Å². The number of halogens is 1. The third-order valence-corrected chi connectivity index (χ3v) is 4.70. The minimum atomic E-state index is -0.308. The minimum Gasteiger partial charge on any atom is -0.380 e. The Labute approximate surface area is 131 Å². The zero-order chi connectivity index (χ0) is 14.8. The number of nitrogens with zero attached hydrogens (tertiary/aromatic N) is 3. The first-order valence-corrected chi connectivity index (χ1v) is 7.95. The smallest absolute Gasteiger partial charge is 0.293 e. The van der Waals surface area contributed by atoms with E-state index in [1.54, 1.807) is 6.07 Å². The Kier molecular flexibility index (Phi) is 4.42. The molecule has 2 aliphatic heterocycles. The molecule has 0 aromatic heterocycles. The van der Waals surface area contributed by atoms with Crippen molar-refractivity contribution in [2.75, 3.05) is 44.3 Å². The van der Waals surface area contributed by atoms with Crippen molar-refractivity contribution in [3.8, 4) is 0 Å². The summed E-state index contributed by atoms with van der Waals surface area (Å²) in [7, 11) is 0. The molecular formula is C14H18BrN3O3. The van der Waals surface area contributed by atoms with E-state index in [1.807, 2.05) is 12.1 Å². The van der Waals surface area contributed by atoms with E-state index in [2.05, 4.69) is 25.7 Å². The fourth-order valence-corrected chi connectivity index (χ4v) is 3.40. The first-order chi connectivity index (χ1) is 10.1. The van der Waals surface area contributed by atoms with Crippen LogP contribution in [0.3, 0.4) is 0 Å². The molecule has 114 valence electrons. The second kappa shape index (κ2) is 6.29. The standard InChI is InChI=1S/C14H18BrN3O3/c15-11-1-2-13(14(9-11)18(19)20)17-6-4-16(5-7-17)12-3-8-21-10-12/h1-2,9,12H,3-8,10H2/t12-/m1/s1. The van der Waals surface area contributed by atoms with Crippen molar-refractivity contribution in [2.45, 2.75) is 12.5 Å². The van der Waals surface area contributed by atoms with Crippen LogP contribution in [0.4, 0.5) is 11.4 Å². The second-order valence-electron chi connectivity index (χ2n) is 5.43. The number of ether oxygens (including phenoxy) is 1. The molecule has 3 rings (SSSR count). The molecule has 0 saturated carbocycles. The molecule has 2 saturated heterocycles. The Bertz CT molecular complexity index is 526. The average molecular weight is 356 g/mol. The molecule has 2 fully saturated rings. The molecule has 2 heterocycles. The van der Waals surface area contributed by atoms with Gasteiger partial charge in [0, 0.05) is 49.4 Å². The highest BCUT2D eigenvalue weighted by atomic mass is 79.9. The van der Waals surface area contributed by atoms with Crippen molar-refractivity contribution < 1.29 is 9.66 Å². The molecule has 2 aliphatic rings. The van der Waals surface area contributed by atoms with Gasteiger partial charge >= 0.3 is 0 Å². The predicted molar refractivity (Wildman–Crippen MR) is 83.8 cm³/mol. The molecule has 6 nitrogen and oxygen atoms in total. The maximum absolute atomic E-state index is 11.2. The lowest BCUT2D eigenvalue weighted by Gasteiger charge is -2.38. The van der Waals surface area contributed by atoms with Crippen LogP contribution >= 0.6 is 15.9 Å². The summed E-state index contributed by atoms with van der Waals surface area (Å²) in [5, 5.41) is 11.2. The van der Waals surface area contributed by atoms with E-state index >= 15 is 0 Å². The van der Waals surface area contributed by atoms with E-state index in [9.17, 15) is 10.1 Å². The second-order valence-corrected chi connectivity index (χ2v) is 6.35. The number of hydrogen-bond donors (Lipinski definition) is 0. The summed E-state index contributed by atoms with van der Waals surface area (Å²) in [6.07, 6.45) is 1.10. The SMILES string of the molecule is O=[N+]([O-])c1cc(Br)ccc1N1CCN([C@@H]2CCOC2)CC1. The van der Waals surface area contributed by atoms with Crippen LogP contribution in [0.2, 0.25) is 0 Å². The topological polar surface area (TPSA) is 58.9 Å².